The highest BCUT2D eigenvalue weighted by atomic mass is 35.5. The van der Waals surface area contributed by atoms with Gasteiger partial charge in [0.15, 0.2) is 5.69 Å². The first-order valence-electron chi connectivity index (χ1n) is 9.02. The van der Waals surface area contributed by atoms with Crippen LogP contribution < -0.4 is 0 Å². The second-order valence-corrected chi connectivity index (χ2v) is 9.75. The number of carbonyl (C=O) groups excluding carboxylic acids is 1. The number of hydrogen-bond acceptors (Lipinski definition) is 6. The van der Waals surface area contributed by atoms with E-state index in [-0.39, 0.29) is 39.2 Å². The first kappa shape index (κ1) is 24.6. The number of aryl methyl sites for hydroxylation is 1. The van der Waals surface area contributed by atoms with E-state index in [1.165, 1.54) is 11.9 Å². The van der Waals surface area contributed by atoms with Gasteiger partial charge < -0.3 is 5.11 Å². The maximum Gasteiger partial charge on any atom is 0.435 e. The molecule has 2 aromatic rings. The van der Waals surface area contributed by atoms with E-state index in [9.17, 15) is 22.8 Å². The van der Waals surface area contributed by atoms with Gasteiger partial charge in [-0.25, -0.2) is 0 Å². The Hall–Kier alpha value is -2.02. The van der Waals surface area contributed by atoms with Crippen LogP contribution in [0, 0.1) is 0 Å². The number of thioether (sulfide) groups is 1. The Kier molecular flexibility index (Phi) is 7.58. The normalized spacial score (nSPS) is 15.8. The zero-order valence-corrected chi connectivity index (χ0v) is 19.6. The second-order valence-electron chi connectivity index (χ2n) is 6.58. The minimum atomic E-state index is -4.74. The Morgan fingerprint density at radius 1 is 1.34 bits per heavy atom. The zero-order chi connectivity index (χ0) is 23.6. The van der Waals surface area contributed by atoms with Crippen molar-refractivity contribution >= 4 is 69.6 Å². The van der Waals surface area contributed by atoms with E-state index >= 15 is 0 Å². The number of alkyl halides is 3. The number of thiocarbonyl (C=S) groups is 1. The number of rotatable bonds is 7. The number of aliphatic carboxylic acids is 1. The van der Waals surface area contributed by atoms with Crippen LogP contribution in [0.4, 0.5) is 13.2 Å². The molecule has 1 saturated heterocycles. The van der Waals surface area contributed by atoms with E-state index in [4.69, 9.17) is 28.9 Å². The van der Waals surface area contributed by atoms with Gasteiger partial charge in [0.25, 0.3) is 5.91 Å². The molecule has 0 atom stereocenters. The maximum atomic E-state index is 13.7. The fourth-order valence-corrected chi connectivity index (χ4v) is 5.16. The molecular formula is C19H15ClF3N3O3S3. The minimum absolute atomic E-state index is 0.0155. The molecule has 1 aromatic heterocycles. The predicted molar refractivity (Wildman–Crippen MR) is 121 cm³/mol. The number of nitrogens with zero attached hydrogens (tertiary/aromatic N) is 3. The third kappa shape index (κ3) is 5.66. The molecule has 6 nitrogen and oxygen atoms in total. The molecule has 1 N–H and O–H groups in total. The van der Waals surface area contributed by atoms with Crippen LogP contribution >= 0.6 is 47.3 Å². The Labute approximate surface area is 199 Å². The molecule has 1 aliphatic rings. The Morgan fingerprint density at radius 3 is 2.59 bits per heavy atom. The summed E-state index contributed by atoms with van der Waals surface area (Å²) in [6, 6.07) is 6.57. The number of carbonyl (C=O) groups is 2. The van der Waals surface area contributed by atoms with Crippen LogP contribution in [0.25, 0.3) is 6.08 Å². The lowest BCUT2D eigenvalue weighted by Crippen LogP contribution is -2.29. The number of aromatic nitrogens is 2. The summed E-state index contributed by atoms with van der Waals surface area (Å²) in [5.74, 6) is -1.58. The number of carboxylic acids is 1. The predicted octanol–water partition coefficient (Wildman–Crippen LogP) is 5.31. The molecule has 1 aromatic carbocycles. The molecule has 0 saturated carbocycles. The van der Waals surface area contributed by atoms with Gasteiger partial charge in [-0.1, -0.05) is 47.3 Å². The van der Waals surface area contributed by atoms with Gasteiger partial charge in [0.05, 0.1) is 4.91 Å². The topological polar surface area (TPSA) is 75.4 Å². The summed E-state index contributed by atoms with van der Waals surface area (Å²) >= 11 is 13.0. The summed E-state index contributed by atoms with van der Waals surface area (Å²) in [6.07, 6.45) is -3.58. The van der Waals surface area contributed by atoms with Crippen molar-refractivity contribution in [1.29, 1.82) is 0 Å². The average Bonchev–Trinajstić information content (AvgIpc) is 3.15. The largest absolute Gasteiger partial charge is 0.481 e. The molecule has 13 heteroatoms. The molecule has 170 valence electrons. The van der Waals surface area contributed by atoms with Crippen LogP contribution in [0.3, 0.4) is 0 Å². The smallest absolute Gasteiger partial charge is 0.435 e. The number of hydrogen-bond donors (Lipinski definition) is 1. The molecule has 0 aliphatic carbocycles. The van der Waals surface area contributed by atoms with Gasteiger partial charge >= 0.3 is 12.1 Å². The standard InChI is InChI=1S/C19H15ClF3N3O3S3/c1-25-17(31-11-6-4-10(20)5-7-11)12(15(24-25)19(21,22)23)9-13-16(29)26(18(30)32-13)8-2-3-14(27)28/h4-7,9H,2-3,8H2,1H3,(H,27,28). The summed E-state index contributed by atoms with van der Waals surface area (Å²) < 4.78 is 42.3. The minimum Gasteiger partial charge on any atom is -0.481 e. The molecule has 0 bridgehead atoms. The Balaban J connectivity index is 1.97. The van der Waals surface area contributed by atoms with Crippen LogP contribution in [0.2, 0.25) is 5.02 Å². The monoisotopic (exact) mass is 521 g/mol. The Morgan fingerprint density at radius 2 is 2.00 bits per heavy atom. The third-order valence-electron chi connectivity index (χ3n) is 4.25. The van der Waals surface area contributed by atoms with E-state index in [0.29, 0.717) is 9.92 Å². The second kappa shape index (κ2) is 9.86. The SMILES string of the molecule is Cn1nc(C(F)(F)F)c(C=C2SC(=S)N(CCCC(=O)O)C2=O)c1Sc1ccc(Cl)cc1. The summed E-state index contributed by atoms with van der Waals surface area (Å²) in [5.41, 5.74) is -1.36. The average molecular weight is 522 g/mol. The van der Waals surface area contributed by atoms with E-state index < -0.39 is 23.7 Å². The van der Waals surface area contributed by atoms with Crippen LogP contribution in [0.15, 0.2) is 39.1 Å². The van der Waals surface area contributed by atoms with Crippen molar-refractivity contribution in [3.63, 3.8) is 0 Å². The maximum absolute atomic E-state index is 13.7. The van der Waals surface area contributed by atoms with E-state index in [1.54, 1.807) is 24.3 Å². The molecule has 0 spiro atoms. The molecule has 32 heavy (non-hydrogen) atoms. The molecule has 1 aliphatic heterocycles. The van der Waals surface area contributed by atoms with Gasteiger partial charge in [0, 0.05) is 35.5 Å². The number of carboxylic acid groups (broad SMARTS) is 1. The van der Waals surface area contributed by atoms with Gasteiger partial charge in [0.1, 0.15) is 9.35 Å². The fourth-order valence-electron chi connectivity index (χ4n) is 2.81. The summed E-state index contributed by atoms with van der Waals surface area (Å²) in [5, 5.41) is 13.1. The first-order valence-corrected chi connectivity index (χ1v) is 11.4. The van der Waals surface area contributed by atoms with Crippen molar-refractivity contribution < 1.29 is 27.9 Å². The van der Waals surface area contributed by atoms with Gasteiger partial charge in [-0.2, -0.15) is 18.3 Å². The molecule has 1 amide bonds. The lowest BCUT2D eigenvalue weighted by Gasteiger charge is -2.13. The lowest BCUT2D eigenvalue weighted by molar-refractivity contribution is -0.141. The van der Waals surface area contributed by atoms with Crippen molar-refractivity contribution in [3.8, 4) is 0 Å². The molecule has 2 heterocycles. The van der Waals surface area contributed by atoms with Crippen molar-refractivity contribution in [3.05, 3.63) is 45.5 Å². The highest BCUT2D eigenvalue weighted by molar-refractivity contribution is 8.26. The summed E-state index contributed by atoms with van der Waals surface area (Å²) in [7, 11) is 1.39. The highest BCUT2D eigenvalue weighted by Gasteiger charge is 2.40. The molecular weight excluding hydrogens is 507 g/mol. The van der Waals surface area contributed by atoms with E-state index in [0.717, 1.165) is 34.3 Å². The highest BCUT2D eigenvalue weighted by Crippen LogP contribution is 2.42. The van der Waals surface area contributed by atoms with Crippen LogP contribution in [-0.2, 0) is 22.8 Å². The Bertz CT molecular complexity index is 1100. The van der Waals surface area contributed by atoms with Crippen LogP contribution in [0.1, 0.15) is 24.1 Å². The van der Waals surface area contributed by atoms with Gasteiger partial charge in [-0.15, -0.1) is 0 Å². The lowest BCUT2D eigenvalue weighted by atomic mass is 10.2. The summed E-state index contributed by atoms with van der Waals surface area (Å²) in [4.78, 5) is 25.3. The van der Waals surface area contributed by atoms with E-state index in [2.05, 4.69) is 5.10 Å². The van der Waals surface area contributed by atoms with Gasteiger partial charge in [-0.05, 0) is 36.8 Å². The fraction of sp³-hybridized carbons (Fsp3) is 0.263. The van der Waals surface area contributed by atoms with Crippen molar-refractivity contribution in [2.45, 2.75) is 28.9 Å². The summed E-state index contributed by atoms with van der Waals surface area (Å²) in [6.45, 7) is 0.0693. The van der Waals surface area contributed by atoms with Gasteiger partial charge in [0.2, 0.25) is 0 Å². The zero-order valence-electron chi connectivity index (χ0n) is 16.4. The molecule has 1 fully saturated rings. The van der Waals surface area contributed by atoms with Crippen molar-refractivity contribution in [2.75, 3.05) is 6.54 Å². The molecule has 0 radical (unpaired) electrons. The van der Waals surface area contributed by atoms with Crippen LogP contribution in [-0.4, -0.2) is 42.5 Å². The quantitative estimate of drug-likeness (QED) is 0.391. The number of amides is 1. The number of benzene rings is 1. The molecule has 3 rings (SSSR count). The molecule has 0 unspecified atom stereocenters. The number of halogens is 4. The third-order valence-corrected chi connectivity index (χ3v) is 7.06. The van der Waals surface area contributed by atoms with E-state index in [1.807, 2.05) is 0 Å². The van der Waals surface area contributed by atoms with Gasteiger partial charge in [-0.3, -0.25) is 19.2 Å². The first-order chi connectivity index (χ1) is 15.0. The van der Waals surface area contributed by atoms with Crippen molar-refractivity contribution in [2.24, 2.45) is 7.05 Å². The van der Waals surface area contributed by atoms with Crippen LogP contribution in [0.5, 0.6) is 0 Å². The van der Waals surface area contributed by atoms with Crippen molar-refractivity contribution in [1.82, 2.24) is 14.7 Å².